The van der Waals surface area contributed by atoms with Crippen molar-refractivity contribution in [2.75, 3.05) is 13.2 Å². The van der Waals surface area contributed by atoms with Gasteiger partial charge in [0, 0.05) is 19.3 Å². The molecule has 0 amide bonds. The smallest absolute Gasteiger partial charge is 0.306 e. The topological polar surface area (TPSA) is 78.9 Å². The zero-order valence-electron chi connectivity index (χ0n) is 54.7. The van der Waals surface area contributed by atoms with E-state index in [1.54, 1.807) is 0 Å². The Morgan fingerprint density at radius 3 is 0.747 bits per heavy atom. The third-order valence-electron chi connectivity index (χ3n) is 15.3. The Balaban J connectivity index is 4.09. The van der Waals surface area contributed by atoms with Crippen LogP contribution in [0.3, 0.4) is 0 Å². The molecular formula is C77H132O6. The summed E-state index contributed by atoms with van der Waals surface area (Å²) >= 11 is 0. The van der Waals surface area contributed by atoms with Crippen LogP contribution in [0.2, 0.25) is 0 Å². The van der Waals surface area contributed by atoms with Crippen LogP contribution in [0.15, 0.2) is 109 Å². The standard InChI is InChI=1S/C77H132O6/c1-4-7-10-13-16-18-20-22-24-26-28-30-32-33-34-35-36-37-38-39-40-41-42-43-45-46-48-50-52-54-56-58-61-64-67-70-76(79)82-73-74(72-81-75(78)69-66-63-60-15-12-9-6-3)83-77(80)71-68-65-62-59-57-55-53-51-49-47-44-31-29-27-25-23-21-19-17-14-11-8-5-2/h7,10,16,18,22,24,27-30,33-34,36-37,39-40,42-43,74H,4-6,8-9,11-15,17,19-21,23,25-26,31-32,35,38,41,44-73H2,1-3H3/b10-7-,18-16-,24-22-,29-27-,30-28-,34-33-,37-36-,40-39-,43-42-. The van der Waals surface area contributed by atoms with Crippen molar-refractivity contribution in [2.45, 2.75) is 348 Å². The minimum Gasteiger partial charge on any atom is -0.462 e. The zero-order chi connectivity index (χ0) is 59.9. The van der Waals surface area contributed by atoms with Crippen LogP contribution < -0.4 is 0 Å². The van der Waals surface area contributed by atoms with Gasteiger partial charge in [-0.15, -0.1) is 0 Å². The van der Waals surface area contributed by atoms with Crippen LogP contribution in [0, 0.1) is 0 Å². The fraction of sp³-hybridized carbons (Fsp3) is 0.727. The monoisotopic (exact) mass is 1150 g/mol. The largest absolute Gasteiger partial charge is 0.462 e. The molecule has 0 aromatic rings. The maximum absolute atomic E-state index is 12.9. The van der Waals surface area contributed by atoms with E-state index in [9.17, 15) is 14.4 Å². The Bertz CT molecular complexity index is 1660. The summed E-state index contributed by atoms with van der Waals surface area (Å²) in [7, 11) is 0. The zero-order valence-corrected chi connectivity index (χ0v) is 54.7. The van der Waals surface area contributed by atoms with Gasteiger partial charge in [0.15, 0.2) is 6.10 Å². The molecule has 0 radical (unpaired) electrons. The summed E-state index contributed by atoms with van der Waals surface area (Å²) in [4.78, 5) is 38.2. The Kier molecular flexibility index (Phi) is 67.2. The van der Waals surface area contributed by atoms with Gasteiger partial charge in [0.05, 0.1) is 0 Å². The van der Waals surface area contributed by atoms with Crippen molar-refractivity contribution < 1.29 is 28.6 Å². The molecule has 0 saturated carbocycles. The molecule has 1 unspecified atom stereocenters. The molecule has 83 heavy (non-hydrogen) atoms. The van der Waals surface area contributed by atoms with Gasteiger partial charge in [-0.05, 0) is 109 Å². The number of carbonyl (C=O) groups excluding carboxylic acids is 3. The lowest BCUT2D eigenvalue weighted by Crippen LogP contribution is -2.30. The highest BCUT2D eigenvalue weighted by Gasteiger charge is 2.19. The molecule has 1 atom stereocenters. The highest BCUT2D eigenvalue weighted by molar-refractivity contribution is 5.71. The normalized spacial score (nSPS) is 12.8. The van der Waals surface area contributed by atoms with E-state index in [1.165, 1.54) is 193 Å². The third kappa shape index (κ3) is 68.7. The number of unbranched alkanes of at least 4 members (excludes halogenated alkanes) is 35. The van der Waals surface area contributed by atoms with Crippen molar-refractivity contribution in [2.24, 2.45) is 0 Å². The van der Waals surface area contributed by atoms with E-state index >= 15 is 0 Å². The van der Waals surface area contributed by atoms with Crippen molar-refractivity contribution in [1.82, 2.24) is 0 Å². The minimum atomic E-state index is -0.778. The first-order valence-electron chi connectivity index (χ1n) is 35.4. The fourth-order valence-electron chi connectivity index (χ4n) is 9.99. The van der Waals surface area contributed by atoms with E-state index in [2.05, 4.69) is 130 Å². The van der Waals surface area contributed by atoms with Gasteiger partial charge in [-0.1, -0.05) is 323 Å². The van der Waals surface area contributed by atoms with Crippen molar-refractivity contribution in [1.29, 1.82) is 0 Å². The molecule has 0 heterocycles. The Hall–Kier alpha value is -3.93. The molecule has 6 nitrogen and oxygen atoms in total. The Morgan fingerprint density at radius 1 is 0.253 bits per heavy atom. The SMILES string of the molecule is CC/C=C\C/C=C\C/C=C\C/C=C\C/C=C\C/C=C\C/C=C\C/C=C\CCCCCCCCCCCCC(=O)OCC(COC(=O)CCCCCCCCC)OC(=O)CCCCCCCCCCCCC/C=C\CCCCCCCCCC. The molecular weight excluding hydrogens is 1020 g/mol. The fourth-order valence-corrected chi connectivity index (χ4v) is 9.99. The second-order valence-corrected chi connectivity index (χ2v) is 23.4. The lowest BCUT2D eigenvalue weighted by atomic mass is 10.0. The van der Waals surface area contributed by atoms with Gasteiger partial charge in [-0.3, -0.25) is 14.4 Å². The molecule has 0 spiro atoms. The number of esters is 3. The second-order valence-electron chi connectivity index (χ2n) is 23.4. The first-order valence-corrected chi connectivity index (χ1v) is 35.4. The minimum absolute atomic E-state index is 0.0764. The van der Waals surface area contributed by atoms with Gasteiger partial charge in [0.2, 0.25) is 0 Å². The number of hydrogen-bond donors (Lipinski definition) is 0. The molecule has 476 valence electrons. The Morgan fingerprint density at radius 2 is 0.470 bits per heavy atom. The molecule has 0 aromatic carbocycles. The summed E-state index contributed by atoms with van der Waals surface area (Å²) in [5, 5.41) is 0. The van der Waals surface area contributed by atoms with Crippen LogP contribution in [0.4, 0.5) is 0 Å². The summed E-state index contributed by atoms with van der Waals surface area (Å²) in [6.07, 6.45) is 97.1. The van der Waals surface area contributed by atoms with Gasteiger partial charge in [-0.2, -0.15) is 0 Å². The number of allylic oxidation sites excluding steroid dienone is 18. The van der Waals surface area contributed by atoms with Crippen molar-refractivity contribution >= 4 is 17.9 Å². The van der Waals surface area contributed by atoms with E-state index in [-0.39, 0.29) is 31.1 Å². The van der Waals surface area contributed by atoms with Crippen LogP contribution in [-0.2, 0) is 28.6 Å². The van der Waals surface area contributed by atoms with Crippen molar-refractivity contribution in [3.63, 3.8) is 0 Å². The molecule has 0 aromatic heterocycles. The number of carbonyl (C=O) groups is 3. The first kappa shape index (κ1) is 79.1. The maximum atomic E-state index is 12.9. The highest BCUT2D eigenvalue weighted by atomic mass is 16.6. The number of ether oxygens (including phenoxy) is 3. The summed E-state index contributed by atoms with van der Waals surface area (Å²) in [6, 6.07) is 0. The average molecular weight is 1150 g/mol. The molecule has 0 aliphatic heterocycles. The predicted molar refractivity (Wildman–Crippen MR) is 362 cm³/mol. The number of hydrogen-bond acceptors (Lipinski definition) is 6. The molecule has 0 saturated heterocycles. The summed E-state index contributed by atoms with van der Waals surface area (Å²) < 4.78 is 16.9. The van der Waals surface area contributed by atoms with Gasteiger partial charge in [0.1, 0.15) is 13.2 Å². The Labute approximate surface area is 514 Å². The molecule has 0 fully saturated rings. The van der Waals surface area contributed by atoms with Crippen LogP contribution in [0.1, 0.15) is 342 Å². The van der Waals surface area contributed by atoms with Gasteiger partial charge in [0.25, 0.3) is 0 Å². The van der Waals surface area contributed by atoms with Crippen molar-refractivity contribution in [3.8, 4) is 0 Å². The number of rotatable bonds is 64. The lowest BCUT2D eigenvalue weighted by Gasteiger charge is -2.18. The summed E-state index contributed by atoms with van der Waals surface area (Å²) in [6.45, 7) is 6.51. The van der Waals surface area contributed by atoms with Gasteiger partial charge < -0.3 is 14.2 Å². The maximum Gasteiger partial charge on any atom is 0.306 e. The summed E-state index contributed by atoms with van der Waals surface area (Å²) in [5.74, 6) is -0.876. The van der Waals surface area contributed by atoms with Gasteiger partial charge in [-0.25, -0.2) is 0 Å². The predicted octanol–water partition coefficient (Wildman–Crippen LogP) is 24.6. The van der Waals surface area contributed by atoms with Crippen LogP contribution in [0.25, 0.3) is 0 Å². The van der Waals surface area contributed by atoms with E-state index in [1.807, 2.05) is 0 Å². The first-order chi connectivity index (χ1) is 41.0. The average Bonchev–Trinajstić information content (AvgIpc) is 3.49. The third-order valence-corrected chi connectivity index (χ3v) is 15.3. The summed E-state index contributed by atoms with van der Waals surface area (Å²) in [5.41, 5.74) is 0. The van der Waals surface area contributed by atoms with E-state index < -0.39 is 6.10 Å². The molecule has 6 heteroatoms. The van der Waals surface area contributed by atoms with E-state index in [0.29, 0.717) is 19.3 Å². The molecule has 0 bridgehead atoms. The molecule has 0 aliphatic carbocycles. The van der Waals surface area contributed by atoms with Crippen LogP contribution in [-0.4, -0.2) is 37.2 Å². The van der Waals surface area contributed by atoms with Gasteiger partial charge >= 0.3 is 17.9 Å². The molecule has 0 N–H and O–H groups in total. The lowest BCUT2D eigenvalue weighted by molar-refractivity contribution is -0.167. The van der Waals surface area contributed by atoms with E-state index in [0.717, 1.165) is 109 Å². The quantitative estimate of drug-likeness (QED) is 0.0261. The van der Waals surface area contributed by atoms with Crippen LogP contribution >= 0.6 is 0 Å². The highest BCUT2D eigenvalue weighted by Crippen LogP contribution is 2.17. The second kappa shape index (κ2) is 70.6. The van der Waals surface area contributed by atoms with Crippen molar-refractivity contribution in [3.05, 3.63) is 109 Å². The van der Waals surface area contributed by atoms with Crippen LogP contribution in [0.5, 0.6) is 0 Å². The molecule has 0 aliphatic rings. The molecule has 0 rings (SSSR count). The van der Waals surface area contributed by atoms with E-state index in [4.69, 9.17) is 14.2 Å².